The summed E-state index contributed by atoms with van der Waals surface area (Å²) < 4.78 is 0. The van der Waals surface area contributed by atoms with Crippen molar-refractivity contribution >= 4 is 11.9 Å². The molecular weight excluding hydrogens is 194 g/mol. The van der Waals surface area contributed by atoms with E-state index in [9.17, 15) is 9.59 Å². The first-order valence-electron chi connectivity index (χ1n) is 5.67. The average Bonchev–Trinajstić information content (AvgIpc) is 2.66. The maximum absolute atomic E-state index is 11.3. The predicted octanol–water partition coefficient (Wildman–Crippen LogP) is 1.55. The van der Waals surface area contributed by atoms with Gasteiger partial charge in [0.2, 0.25) is 5.91 Å². The molecule has 0 unspecified atom stereocenters. The van der Waals surface area contributed by atoms with Crippen LogP contribution in [0.15, 0.2) is 0 Å². The number of hydrogen-bond donors (Lipinski definition) is 2. The number of rotatable bonds is 6. The van der Waals surface area contributed by atoms with E-state index in [1.165, 1.54) is 25.7 Å². The molecule has 0 aliphatic heterocycles. The second kappa shape index (κ2) is 6.43. The van der Waals surface area contributed by atoms with Crippen LogP contribution in [0.1, 0.15) is 44.9 Å². The molecule has 86 valence electrons. The molecule has 0 radical (unpaired) electrons. The standard InChI is InChI=1S/C11H19NO3/c13-10(6-3-7-11(14)15)12-8-9-4-1-2-5-9/h9H,1-8H2,(H,12,13)(H,14,15). The molecule has 0 spiro atoms. The monoisotopic (exact) mass is 213 g/mol. The largest absolute Gasteiger partial charge is 0.481 e. The minimum Gasteiger partial charge on any atom is -0.481 e. The molecule has 0 aromatic heterocycles. The number of carboxylic acids is 1. The van der Waals surface area contributed by atoms with Gasteiger partial charge in [-0.15, -0.1) is 0 Å². The SMILES string of the molecule is O=C(O)CCCC(=O)NCC1CCCC1. The van der Waals surface area contributed by atoms with Crippen LogP contribution < -0.4 is 5.32 Å². The van der Waals surface area contributed by atoms with Gasteiger partial charge in [0, 0.05) is 19.4 Å². The van der Waals surface area contributed by atoms with Gasteiger partial charge in [-0.3, -0.25) is 9.59 Å². The summed E-state index contributed by atoms with van der Waals surface area (Å²) in [5, 5.41) is 11.3. The van der Waals surface area contributed by atoms with E-state index in [0.717, 1.165) is 6.54 Å². The highest BCUT2D eigenvalue weighted by molar-refractivity contribution is 5.76. The Kier molecular flexibility index (Phi) is 5.15. The summed E-state index contributed by atoms with van der Waals surface area (Å²) in [6, 6.07) is 0. The Morgan fingerprint density at radius 1 is 1.20 bits per heavy atom. The fourth-order valence-electron chi connectivity index (χ4n) is 1.96. The van der Waals surface area contributed by atoms with Gasteiger partial charge in [-0.1, -0.05) is 12.8 Å². The van der Waals surface area contributed by atoms with Crippen molar-refractivity contribution in [3.63, 3.8) is 0 Å². The molecule has 0 atom stereocenters. The number of carbonyl (C=O) groups excluding carboxylic acids is 1. The average molecular weight is 213 g/mol. The van der Waals surface area contributed by atoms with E-state index in [1.807, 2.05) is 0 Å². The van der Waals surface area contributed by atoms with Gasteiger partial charge in [0.15, 0.2) is 0 Å². The number of amides is 1. The molecule has 15 heavy (non-hydrogen) atoms. The van der Waals surface area contributed by atoms with Gasteiger partial charge in [-0.25, -0.2) is 0 Å². The fraction of sp³-hybridized carbons (Fsp3) is 0.818. The molecular formula is C11H19NO3. The van der Waals surface area contributed by atoms with Crippen LogP contribution in [0.4, 0.5) is 0 Å². The lowest BCUT2D eigenvalue weighted by Crippen LogP contribution is -2.28. The van der Waals surface area contributed by atoms with Crippen molar-refractivity contribution in [2.75, 3.05) is 6.54 Å². The Morgan fingerprint density at radius 2 is 1.87 bits per heavy atom. The number of hydrogen-bond acceptors (Lipinski definition) is 2. The van der Waals surface area contributed by atoms with E-state index in [1.54, 1.807) is 0 Å². The quantitative estimate of drug-likeness (QED) is 0.703. The van der Waals surface area contributed by atoms with Crippen molar-refractivity contribution in [3.05, 3.63) is 0 Å². The minimum absolute atomic E-state index is 0.0110. The third-order valence-corrected chi connectivity index (χ3v) is 2.86. The van der Waals surface area contributed by atoms with Crippen LogP contribution >= 0.6 is 0 Å². The molecule has 1 aliphatic carbocycles. The lowest BCUT2D eigenvalue weighted by Gasteiger charge is -2.09. The molecule has 0 aromatic carbocycles. The van der Waals surface area contributed by atoms with Crippen LogP contribution in [0.25, 0.3) is 0 Å². The Morgan fingerprint density at radius 3 is 2.47 bits per heavy atom. The Hall–Kier alpha value is -1.06. The van der Waals surface area contributed by atoms with E-state index >= 15 is 0 Å². The van der Waals surface area contributed by atoms with Crippen LogP contribution in [0.3, 0.4) is 0 Å². The van der Waals surface area contributed by atoms with E-state index in [0.29, 0.717) is 18.8 Å². The highest BCUT2D eigenvalue weighted by Gasteiger charge is 2.15. The fourth-order valence-corrected chi connectivity index (χ4v) is 1.96. The zero-order valence-electron chi connectivity index (χ0n) is 9.00. The first-order chi connectivity index (χ1) is 7.18. The van der Waals surface area contributed by atoms with E-state index < -0.39 is 5.97 Å². The van der Waals surface area contributed by atoms with E-state index in [2.05, 4.69) is 5.32 Å². The molecule has 1 fully saturated rings. The molecule has 4 nitrogen and oxygen atoms in total. The van der Waals surface area contributed by atoms with Gasteiger partial charge >= 0.3 is 5.97 Å². The lowest BCUT2D eigenvalue weighted by molar-refractivity contribution is -0.137. The molecule has 1 aliphatic rings. The third kappa shape index (κ3) is 5.40. The van der Waals surface area contributed by atoms with Crippen molar-refractivity contribution in [2.24, 2.45) is 5.92 Å². The summed E-state index contributed by atoms with van der Waals surface area (Å²) in [7, 11) is 0. The summed E-state index contributed by atoms with van der Waals surface area (Å²) in [5.41, 5.74) is 0. The topological polar surface area (TPSA) is 66.4 Å². The molecule has 0 bridgehead atoms. The maximum Gasteiger partial charge on any atom is 0.303 e. The summed E-state index contributed by atoms with van der Waals surface area (Å²) >= 11 is 0. The summed E-state index contributed by atoms with van der Waals surface area (Å²) in [5.74, 6) is -0.199. The number of carbonyl (C=O) groups is 2. The lowest BCUT2D eigenvalue weighted by atomic mass is 10.1. The summed E-state index contributed by atoms with van der Waals surface area (Å²) in [6.45, 7) is 0.770. The minimum atomic E-state index is -0.835. The first-order valence-corrected chi connectivity index (χ1v) is 5.67. The van der Waals surface area contributed by atoms with Gasteiger partial charge in [0.05, 0.1) is 0 Å². The Balaban J connectivity index is 2.00. The summed E-state index contributed by atoms with van der Waals surface area (Å²) in [4.78, 5) is 21.5. The number of aliphatic carboxylic acids is 1. The normalized spacial score (nSPS) is 16.5. The van der Waals surface area contributed by atoms with Crippen LogP contribution in [0.2, 0.25) is 0 Å². The Labute approximate surface area is 90.0 Å². The highest BCUT2D eigenvalue weighted by Crippen LogP contribution is 2.23. The second-order valence-corrected chi connectivity index (χ2v) is 4.20. The van der Waals surface area contributed by atoms with Crippen LogP contribution in [0.5, 0.6) is 0 Å². The smallest absolute Gasteiger partial charge is 0.303 e. The van der Waals surface area contributed by atoms with Crippen molar-refractivity contribution in [1.82, 2.24) is 5.32 Å². The van der Waals surface area contributed by atoms with Gasteiger partial charge < -0.3 is 10.4 Å². The Bertz CT molecular complexity index is 222. The number of carboxylic acid groups (broad SMARTS) is 1. The molecule has 1 saturated carbocycles. The van der Waals surface area contributed by atoms with Crippen molar-refractivity contribution < 1.29 is 14.7 Å². The second-order valence-electron chi connectivity index (χ2n) is 4.20. The molecule has 1 rings (SSSR count). The van der Waals surface area contributed by atoms with E-state index in [-0.39, 0.29) is 12.3 Å². The molecule has 0 heterocycles. The van der Waals surface area contributed by atoms with Gasteiger partial charge in [-0.2, -0.15) is 0 Å². The van der Waals surface area contributed by atoms with E-state index in [4.69, 9.17) is 5.11 Å². The molecule has 1 amide bonds. The maximum atomic E-state index is 11.3. The van der Waals surface area contributed by atoms with Crippen LogP contribution in [-0.4, -0.2) is 23.5 Å². The molecule has 2 N–H and O–H groups in total. The zero-order valence-corrected chi connectivity index (χ0v) is 9.00. The van der Waals surface area contributed by atoms with Gasteiger partial charge in [-0.05, 0) is 25.2 Å². The van der Waals surface area contributed by atoms with Crippen molar-refractivity contribution in [1.29, 1.82) is 0 Å². The number of nitrogens with one attached hydrogen (secondary N) is 1. The van der Waals surface area contributed by atoms with Gasteiger partial charge in [0.25, 0.3) is 0 Å². The van der Waals surface area contributed by atoms with Crippen LogP contribution in [-0.2, 0) is 9.59 Å². The first kappa shape index (κ1) is 12.0. The van der Waals surface area contributed by atoms with Gasteiger partial charge in [0.1, 0.15) is 0 Å². The predicted molar refractivity (Wildman–Crippen MR) is 56.5 cm³/mol. The van der Waals surface area contributed by atoms with Crippen molar-refractivity contribution in [2.45, 2.75) is 44.9 Å². The summed E-state index contributed by atoms with van der Waals surface area (Å²) in [6.07, 6.45) is 5.84. The molecule has 0 aromatic rings. The highest BCUT2D eigenvalue weighted by atomic mass is 16.4. The van der Waals surface area contributed by atoms with Crippen molar-refractivity contribution in [3.8, 4) is 0 Å². The molecule has 4 heteroatoms. The third-order valence-electron chi connectivity index (χ3n) is 2.86. The zero-order chi connectivity index (χ0) is 11.1. The van der Waals surface area contributed by atoms with Crippen LogP contribution in [0, 0.1) is 5.92 Å². The molecule has 0 saturated heterocycles.